The molecule has 1 aromatic carbocycles. The van der Waals surface area contributed by atoms with E-state index in [9.17, 15) is 9.90 Å². The van der Waals surface area contributed by atoms with E-state index in [0.29, 0.717) is 11.4 Å². The molecule has 1 amide bonds. The highest BCUT2D eigenvalue weighted by atomic mass is 79.9. The Morgan fingerprint density at radius 1 is 1.37 bits per heavy atom. The molecule has 1 N–H and O–H groups in total. The predicted molar refractivity (Wildman–Crippen MR) is 83.6 cm³/mol. The summed E-state index contributed by atoms with van der Waals surface area (Å²) in [5, 5.41) is 9.41. The van der Waals surface area contributed by atoms with Crippen LogP contribution in [0.15, 0.2) is 38.6 Å². The number of amides is 1. The molecule has 0 radical (unpaired) electrons. The second-order valence-corrected chi connectivity index (χ2v) is 7.29. The minimum Gasteiger partial charge on any atom is -0.508 e. The molecule has 3 nitrogen and oxygen atoms in total. The Morgan fingerprint density at radius 2 is 2.11 bits per heavy atom. The number of aromatic hydroxyl groups is 1. The zero-order chi connectivity index (χ0) is 14.0. The number of benzene rings is 1. The van der Waals surface area contributed by atoms with Crippen LogP contribution in [0.4, 0.5) is 0 Å². The Morgan fingerprint density at radius 3 is 2.68 bits per heavy atom. The van der Waals surface area contributed by atoms with Gasteiger partial charge in [-0.05, 0) is 55.6 Å². The van der Waals surface area contributed by atoms with E-state index in [-0.39, 0.29) is 11.7 Å². The van der Waals surface area contributed by atoms with Crippen molar-refractivity contribution in [1.82, 2.24) is 4.90 Å². The first-order valence-electron chi connectivity index (χ1n) is 5.45. The maximum absolute atomic E-state index is 12.2. The summed E-state index contributed by atoms with van der Waals surface area (Å²) < 4.78 is 1.79. The lowest BCUT2D eigenvalue weighted by atomic mass is 10.2. The van der Waals surface area contributed by atoms with Crippen LogP contribution in [0, 0.1) is 0 Å². The number of carbonyl (C=O) groups excluding carboxylic acids is 1. The van der Waals surface area contributed by atoms with Crippen LogP contribution in [-0.4, -0.2) is 23.0 Å². The Labute approximate surface area is 132 Å². The topological polar surface area (TPSA) is 40.5 Å². The predicted octanol–water partition coefficient (Wildman–Crippen LogP) is 4.25. The van der Waals surface area contributed by atoms with Gasteiger partial charge in [0.25, 0.3) is 5.91 Å². The summed E-state index contributed by atoms with van der Waals surface area (Å²) in [7, 11) is 1.74. The minimum atomic E-state index is -0.0419. The zero-order valence-electron chi connectivity index (χ0n) is 10.1. The maximum atomic E-state index is 12.2. The lowest BCUT2D eigenvalue weighted by Gasteiger charge is -2.16. The molecule has 1 heterocycles. The van der Waals surface area contributed by atoms with Crippen LogP contribution in [0.3, 0.4) is 0 Å². The number of hydrogen-bond acceptors (Lipinski definition) is 3. The number of rotatable bonds is 3. The maximum Gasteiger partial charge on any atom is 0.264 e. The van der Waals surface area contributed by atoms with Gasteiger partial charge in [-0.1, -0.05) is 12.1 Å². The molecule has 0 bridgehead atoms. The van der Waals surface area contributed by atoms with Crippen molar-refractivity contribution in [2.45, 2.75) is 6.54 Å². The smallest absolute Gasteiger partial charge is 0.264 e. The fourth-order valence-electron chi connectivity index (χ4n) is 1.64. The van der Waals surface area contributed by atoms with Gasteiger partial charge >= 0.3 is 0 Å². The third-order valence-electron chi connectivity index (χ3n) is 2.53. The first-order valence-corrected chi connectivity index (χ1v) is 7.86. The molecule has 0 saturated heterocycles. The molecule has 2 aromatic rings. The highest BCUT2D eigenvalue weighted by Gasteiger charge is 2.16. The van der Waals surface area contributed by atoms with Crippen LogP contribution in [0.5, 0.6) is 5.75 Å². The SMILES string of the molecule is CN(Cc1cccc(O)c1)C(=O)c1cc(Br)c(Br)s1. The summed E-state index contributed by atoms with van der Waals surface area (Å²) in [4.78, 5) is 14.5. The highest BCUT2D eigenvalue weighted by molar-refractivity contribution is 9.13. The van der Waals surface area contributed by atoms with Crippen molar-refractivity contribution < 1.29 is 9.90 Å². The van der Waals surface area contributed by atoms with Gasteiger partial charge in [0.2, 0.25) is 0 Å². The Balaban J connectivity index is 2.11. The molecule has 19 heavy (non-hydrogen) atoms. The average Bonchev–Trinajstić information content (AvgIpc) is 2.68. The standard InChI is InChI=1S/C13H11Br2NO2S/c1-16(7-8-3-2-4-9(17)5-8)13(18)11-6-10(14)12(15)19-11/h2-6,17H,7H2,1H3. The molecule has 1 aromatic heterocycles. The van der Waals surface area contributed by atoms with Crippen molar-refractivity contribution in [2.75, 3.05) is 7.05 Å². The van der Waals surface area contributed by atoms with Crippen molar-refractivity contribution >= 4 is 49.1 Å². The molecule has 0 spiro atoms. The number of halogens is 2. The molecule has 0 unspecified atom stereocenters. The highest BCUT2D eigenvalue weighted by Crippen LogP contribution is 2.33. The van der Waals surface area contributed by atoms with E-state index in [1.807, 2.05) is 6.07 Å². The van der Waals surface area contributed by atoms with Crippen LogP contribution in [0.1, 0.15) is 15.2 Å². The van der Waals surface area contributed by atoms with Gasteiger partial charge in [0.1, 0.15) is 5.75 Å². The zero-order valence-corrected chi connectivity index (χ0v) is 14.0. The molecular formula is C13H11Br2NO2S. The van der Waals surface area contributed by atoms with Crippen LogP contribution < -0.4 is 0 Å². The molecule has 0 aliphatic carbocycles. The number of hydrogen-bond donors (Lipinski definition) is 1. The van der Waals surface area contributed by atoms with Gasteiger partial charge < -0.3 is 10.0 Å². The number of phenolic OH excluding ortho intramolecular Hbond substituents is 1. The first kappa shape index (κ1) is 14.6. The largest absolute Gasteiger partial charge is 0.508 e. The van der Waals surface area contributed by atoms with Crippen LogP contribution in [0.2, 0.25) is 0 Å². The van der Waals surface area contributed by atoms with E-state index in [1.54, 1.807) is 36.2 Å². The Kier molecular flexibility index (Phi) is 4.65. The normalized spacial score (nSPS) is 10.5. The van der Waals surface area contributed by atoms with E-state index in [1.165, 1.54) is 11.3 Å². The van der Waals surface area contributed by atoms with Crippen LogP contribution in [0.25, 0.3) is 0 Å². The van der Waals surface area contributed by atoms with E-state index < -0.39 is 0 Å². The fraction of sp³-hybridized carbons (Fsp3) is 0.154. The van der Waals surface area contributed by atoms with E-state index in [2.05, 4.69) is 31.9 Å². The van der Waals surface area contributed by atoms with Crippen LogP contribution >= 0.6 is 43.2 Å². The van der Waals surface area contributed by atoms with Gasteiger partial charge in [0.15, 0.2) is 0 Å². The second kappa shape index (κ2) is 6.07. The lowest BCUT2D eigenvalue weighted by Crippen LogP contribution is -2.25. The van der Waals surface area contributed by atoms with E-state index in [4.69, 9.17) is 0 Å². The van der Waals surface area contributed by atoms with Crippen LogP contribution in [-0.2, 0) is 6.54 Å². The van der Waals surface area contributed by atoms with Gasteiger partial charge in [-0.15, -0.1) is 11.3 Å². The Hall–Kier alpha value is -0.850. The van der Waals surface area contributed by atoms with Gasteiger partial charge in [-0.2, -0.15) is 0 Å². The molecule has 0 saturated carbocycles. The monoisotopic (exact) mass is 403 g/mol. The lowest BCUT2D eigenvalue weighted by molar-refractivity contribution is 0.0789. The summed E-state index contributed by atoms with van der Waals surface area (Å²) in [6.45, 7) is 0.459. The summed E-state index contributed by atoms with van der Waals surface area (Å²) >= 11 is 8.14. The summed E-state index contributed by atoms with van der Waals surface area (Å²) in [5.74, 6) is 0.166. The van der Waals surface area contributed by atoms with Gasteiger partial charge in [0.05, 0.1) is 8.66 Å². The molecule has 0 aliphatic heterocycles. The molecule has 2 rings (SSSR count). The molecule has 6 heteroatoms. The average molecular weight is 405 g/mol. The third-order valence-corrected chi connectivity index (χ3v) is 5.78. The number of phenols is 1. The van der Waals surface area contributed by atoms with Crippen molar-refractivity contribution in [1.29, 1.82) is 0 Å². The summed E-state index contributed by atoms with van der Waals surface area (Å²) in [5.41, 5.74) is 0.894. The molecule has 0 atom stereocenters. The molecule has 0 aliphatic rings. The van der Waals surface area contributed by atoms with E-state index >= 15 is 0 Å². The number of nitrogens with zero attached hydrogens (tertiary/aromatic N) is 1. The second-order valence-electron chi connectivity index (χ2n) is 4.06. The number of carbonyl (C=O) groups is 1. The van der Waals surface area contributed by atoms with Crippen molar-refractivity contribution in [3.63, 3.8) is 0 Å². The minimum absolute atomic E-state index is 0.0419. The summed E-state index contributed by atoms with van der Waals surface area (Å²) in [6.07, 6.45) is 0. The molecular weight excluding hydrogens is 394 g/mol. The van der Waals surface area contributed by atoms with E-state index in [0.717, 1.165) is 13.8 Å². The molecule has 0 fully saturated rings. The summed E-state index contributed by atoms with van der Waals surface area (Å²) in [6, 6.07) is 8.71. The number of thiophene rings is 1. The Bertz CT molecular complexity index is 593. The quantitative estimate of drug-likeness (QED) is 0.830. The van der Waals surface area contributed by atoms with Gasteiger partial charge in [-0.3, -0.25) is 4.79 Å². The fourth-order valence-corrected chi connectivity index (χ4v) is 3.67. The van der Waals surface area contributed by atoms with Crippen molar-refractivity contribution in [2.24, 2.45) is 0 Å². The van der Waals surface area contributed by atoms with Crippen molar-refractivity contribution in [3.8, 4) is 5.75 Å². The van der Waals surface area contributed by atoms with Gasteiger partial charge in [0, 0.05) is 18.1 Å². The third kappa shape index (κ3) is 3.58. The first-order chi connectivity index (χ1) is 8.97. The van der Waals surface area contributed by atoms with Gasteiger partial charge in [-0.25, -0.2) is 0 Å². The molecule has 100 valence electrons. The van der Waals surface area contributed by atoms with Crippen molar-refractivity contribution in [3.05, 3.63) is 49.0 Å².